The zero-order chi connectivity index (χ0) is 15.1. The molecule has 0 saturated heterocycles. The van der Waals surface area contributed by atoms with Crippen LogP contribution in [-0.4, -0.2) is 29.1 Å². The van der Waals surface area contributed by atoms with Crippen molar-refractivity contribution >= 4 is 17.4 Å². The number of carbonyl (C=O) groups excluding carboxylic acids is 1. The lowest BCUT2D eigenvalue weighted by Crippen LogP contribution is -2.14. The number of amides is 1. The second kappa shape index (κ2) is 7.35. The first-order valence-corrected chi connectivity index (χ1v) is 6.52. The van der Waals surface area contributed by atoms with E-state index in [0.29, 0.717) is 18.1 Å². The molecular formula is C15H16FN3O2. The lowest BCUT2D eigenvalue weighted by molar-refractivity contribution is -0.115. The molecule has 0 spiro atoms. The first-order valence-electron chi connectivity index (χ1n) is 6.52. The molecule has 3 N–H and O–H groups in total. The zero-order valence-corrected chi connectivity index (χ0v) is 11.3. The summed E-state index contributed by atoms with van der Waals surface area (Å²) in [4.78, 5) is 15.9. The van der Waals surface area contributed by atoms with Gasteiger partial charge in [-0.05, 0) is 29.8 Å². The van der Waals surface area contributed by atoms with E-state index in [1.165, 1.54) is 18.3 Å². The third kappa shape index (κ3) is 4.85. The van der Waals surface area contributed by atoms with Crippen molar-refractivity contribution in [1.29, 1.82) is 0 Å². The Morgan fingerprint density at radius 2 is 1.95 bits per heavy atom. The summed E-state index contributed by atoms with van der Waals surface area (Å²) < 4.78 is 12.8. The molecule has 0 unspecified atom stereocenters. The molecule has 1 aromatic carbocycles. The van der Waals surface area contributed by atoms with Gasteiger partial charge in [0, 0.05) is 6.54 Å². The predicted molar refractivity (Wildman–Crippen MR) is 78.5 cm³/mol. The quantitative estimate of drug-likeness (QED) is 0.758. The Bertz CT molecular complexity index is 585. The number of carbonyl (C=O) groups is 1. The van der Waals surface area contributed by atoms with Crippen LogP contribution in [0.25, 0.3) is 0 Å². The average Bonchev–Trinajstić information content (AvgIpc) is 2.49. The lowest BCUT2D eigenvalue weighted by atomic mass is 10.1. The number of aromatic nitrogens is 1. The minimum Gasteiger partial charge on any atom is -0.395 e. The SMILES string of the molecule is O=C(Cc1ccc(F)cc1)Nc1ccc(NCCO)nc1. The van der Waals surface area contributed by atoms with Crippen LogP contribution in [0.2, 0.25) is 0 Å². The summed E-state index contributed by atoms with van der Waals surface area (Å²) in [5, 5.41) is 14.3. The molecule has 2 aromatic rings. The van der Waals surface area contributed by atoms with Gasteiger partial charge in [-0.25, -0.2) is 9.37 Å². The maximum Gasteiger partial charge on any atom is 0.228 e. The van der Waals surface area contributed by atoms with E-state index < -0.39 is 0 Å². The van der Waals surface area contributed by atoms with E-state index >= 15 is 0 Å². The Kier molecular flexibility index (Phi) is 5.22. The maximum atomic E-state index is 12.8. The van der Waals surface area contributed by atoms with Crippen LogP contribution in [0.15, 0.2) is 42.6 Å². The van der Waals surface area contributed by atoms with Gasteiger partial charge in [-0.15, -0.1) is 0 Å². The van der Waals surface area contributed by atoms with Crippen molar-refractivity contribution < 1.29 is 14.3 Å². The van der Waals surface area contributed by atoms with Gasteiger partial charge in [-0.2, -0.15) is 0 Å². The highest BCUT2D eigenvalue weighted by Crippen LogP contribution is 2.10. The summed E-state index contributed by atoms with van der Waals surface area (Å²) in [6.45, 7) is 0.446. The Hall–Kier alpha value is -2.47. The van der Waals surface area contributed by atoms with Crippen LogP contribution < -0.4 is 10.6 Å². The van der Waals surface area contributed by atoms with Gasteiger partial charge in [-0.1, -0.05) is 12.1 Å². The van der Waals surface area contributed by atoms with Crippen LogP contribution >= 0.6 is 0 Å². The highest BCUT2D eigenvalue weighted by atomic mass is 19.1. The Balaban J connectivity index is 1.88. The van der Waals surface area contributed by atoms with E-state index in [-0.39, 0.29) is 24.8 Å². The third-order valence-corrected chi connectivity index (χ3v) is 2.74. The summed E-state index contributed by atoms with van der Waals surface area (Å²) in [7, 11) is 0. The molecule has 0 radical (unpaired) electrons. The fourth-order valence-electron chi connectivity index (χ4n) is 1.75. The number of benzene rings is 1. The van der Waals surface area contributed by atoms with Gasteiger partial charge < -0.3 is 15.7 Å². The fourth-order valence-corrected chi connectivity index (χ4v) is 1.75. The fraction of sp³-hybridized carbons (Fsp3) is 0.200. The molecule has 1 amide bonds. The monoisotopic (exact) mass is 289 g/mol. The van der Waals surface area contributed by atoms with E-state index in [2.05, 4.69) is 15.6 Å². The molecule has 1 aromatic heterocycles. The summed E-state index contributed by atoms with van der Waals surface area (Å²) >= 11 is 0. The van der Waals surface area contributed by atoms with E-state index in [1.54, 1.807) is 24.3 Å². The number of aliphatic hydroxyl groups excluding tert-OH is 1. The van der Waals surface area contributed by atoms with Crippen molar-refractivity contribution in [2.24, 2.45) is 0 Å². The highest BCUT2D eigenvalue weighted by molar-refractivity contribution is 5.92. The second-order valence-corrected chi connectivity index (χ2v) is 4.43. The Labute approximate surface area is 121 Å². The molecular weight excluding hydrogens is 273 g/mol. The number of rotatable bonds is 6. The first kappa shape index (κ1) is 14.9. The molecule has 21 heavy (non-hydrogen) atoms. The number of anilines is 2. The number of nitrogens with one attached hydrogen (secondary N) is 2. The number of halogens is 1. The largest absolute Gasteiger partial charge is 0.395 e. The maximum absolute atomic E-state index is 12.8. The molecule has 0 bridgehead atoms. The molecule has 0 atom stereocenters. The van der Waals surface area contributed by atoms with Crippen LogP contribution in [0, 0.1) is 5.82 Å². The molecule has 110 valence electrons. The third-order valence-electron chi connectivity index (χ3n) is 2.74. The van der Waals surface area contributed by atoms with Gasteiger partial charge in [0.05, 0.1) is 24.9 Å². The molecule has 1 heterocycles. The van der Waals surface area contributed by atoms with Crippen LogP contribution in [-0.2, 0) is 11.2 Å². The van der Waals surface area contributed by atoms with Crippen LogP contribution in [0.4, 0.5) is 15.9 Å². The van der Waals surface area contributed by atoms with Gasteiger partial charge in [-0.3, -0.25) is 4.79 Å². The van der Waals surface area contributed by atoms with Gasteiger partial charge in [0.1, 0.15) is 11.6 Å². The van der Waals surface area contributed by atoms with Crippen molar-refractivity contribution in [3.63, 3.8) is 0 Å². The van der Waals surface area contributed by atoms with Crippen LogP contribution in [0.3, 0.4) is 0 Å². The lowest BCUT2D eigenvalue weighted by Gasteiger charge is -2.07. The molecule has 0 aliphatic rings. The Morgan fingerprint density at radius 1 is 1.19 bits per heavy atom. The number of pyridine rings is 1. The minimum atomic E-state index is -0.325. The summed E-state index contributed by atoms with van der Waals surface area (Å²) in [5.41, 5.74) is 1.32. The van der Waals surface area contributed by atoms with Crippen molar-refractivity contribution in [2.45, 2.75) is 6.42 Å². The first-order chi connectivity index (χ1) is 10.2. The van der Waals surface area contributed by atoms with Crippen molar-refractivity contribution in [3.05, 3.63) is 54.0 Å². The predicted octanol–water partition coefficient (Wildman–Crippen LogP) is 1.81. The molecule has 5 nitrogen and oxygen atoms in total. The van der Waals surface area contributed by atoms with Gasteiger partial charge in [0.25, 0.3) is 0 Å². The minimum absolute atomic E-state index is 0.0256. The molecule has 6 heteroatoms. The molecule has 0 fully saturated rings. The molecule has 2 rings (SSSR count). The smallest absolute Gasteiger partial charge is 0.228 e. The van der Waals surface area contributed by atoms with E-state index in [9.17, 15) is 9.18 Å². The summed E-state index contributed by atoms with van der Waals surface area (Å²) in [5.74, 6) is 0.106. The number of nitrogens with zero attached hydrogens (tertiary/aromatic N) is 1. The number of aliphatic hydroxyl groups is 1. The number of hydrogen-bond acceptors (Lipinski definition) is 4. The summed E-state index contributed by atoms with van der Waals surface area (Å²) in [6.07, 6.45) is 1.70. The van der Waals surface area contributed by atoms with Crippen molar-refractivity contribution in [1.82, 2.24) is 4.98 Å². The van der Waals surface area contributed by atoms with Gasteiger partial charge >= 0.3 is 0 Å². The highest BCUT2D eigenvalue weighted by Gasteiger charge is 2.05. The van der Waals surface area contributed by atoms with Crippen LogP contribution in [0.5, 0.6) is 0 Å². The second-order valence-electron chi connectivity index (χ2n) is 4.43. The summed E-state index contributed by atoms with van der Waals surface area (Å²) in [6, 6.07) is 9.24. The van der Waals surface area contributed by atoms with Gasteiger partial charge in [0.2, 0.25) is 5.91 Å². The normalized spacial score (nSPS) is 10.2. The molecule has 0 aliphatic heterocycles. The molecule has 0 saturated carbocycles. The van der Waals surface area contributed by atoms with Crippen LogP contribution in [0.1, 0.15) is 5.56 Å². The zero-order valence-electron chi connectivity index (χ0n) is 11.3. The van der Waals surface area contributed by atoms with Gasteiger partial charge in [0.15, 0.2) is 0 Å². The van der Waals surface area contributed by atoms with Crippen molar-refractivity contribution in [2.75, 3.05) is 23.8 Å². The topological polar surface area (TPSA) is 74.2 Å². The average molecular weight is 289 g/mol. The van der Waals surface area contributed by atoms with E-state index in [4.69, 9.17) is 5.11 Å². The standard InChI is InChI=1S/C15H16FN3O2/c16-12-3-1-11(2-4-12)9-15(21)19-13-5-6-14(18-10-13)17-7-8-20/h1-6,10,20H,7-9H2,(H,17,18)(H,19,21). The Morgan fingerprint density at radius 3 is 2.57 bits per heavy atom. The van der Waals surface area contributed by atoms with E-state index in [0.717, 1.165) is 5.56 Å². The van der Waals surface area contributed by atoms with Crippen molar-refractivity contribution in [3.8, 4) is 0 Å². The van der Waals surface area contributed by atoms with E-state index in [1.807, 2.05) is 0 Å². The molecule has 0 aliphatic carbocycles. The number of hydrogen-bond donors (Lipinski definition) is 3.